The molecule has 0 unspecified atom stereocenters. The molecular formula is C16H14ClNO4S. The van der Waals surface area contributed by atoms with Gasteiger partial charge in [-0.25, -0.2) is 13.2 Å². The number of anilines is 1. The van der Waals surface area contributed by atoms with E-state index in [-0.39, 0.29) is 4.90 Å². The summed E-state index contributed by atoms with van der Waals surface area (Å²) in [5.41, 5.74) is 0.639. The molecule has 0 heterocycles. The molecule has 120 valence electrons. The molecule has 0 aromatic heterocycles. The van der Waals surface area contributed by atoms with Gasteiger partial charge in [0, 0.05) is 16.9 Å². The number of para-hydroxylation sites is 1. The van der Waals surface area contributed by atoms with Crippen molar-refractivity contribution in [2.45, 2.75) is 4.90 Å². The predicted molar refractivity (Wildman–Crippen MR) is 88.8 cm³/mol. The Morgan fingerprint density at radius 2 is 1.70 bits per heavy atom. The van der Waals surface area contributed by atoms with Gasteiger partial charge in [-0.1, -0.05) is 29.8 Å². The maximum Gasteiger partial charge on any atom is 0.351 e. The average molecular weight is 352 g/mol. The van der Waals surface area contributed by atoms with E-state index in [0.717, 1.165) is 13.3 Å². The number of halogens is 1. The first-order valence-electron chi connectivity index (χ1n) is 6.56. The molecule has 0 bridgehead atoms. The highest BCUT2D eigenvalue weighted by molar-refractivity contribution is 7.96. The van der Waals surface area contributed by atoms with Crippen LogP contribution in [-0.4, -0.2) is 21.5 Å². The molecule has 2 rings (SSSR count). The highest BCUT2D eigenvalue weighted by atomic mass is 35.5. The van der Waals surface area contributed by atoms with Crippen LogP contribution in [0.25, 0.3) is 0 Å². The van der Waals surface area contributed by atoms with E-state index in [1.165, 1.54) is 24.3 Å². The maximum absolute atomic E-state index is 12.6. The van der Waals surface area contributed by atoms with Crippen molar-refractivity contribution < 1.29 is 17.9 Å². The van der Waals surface area contributed by atoms with E-state index < -0.39 is 20.7 Å². The smallest absolute Gasteiger partial charge is 0.351 e. The molecular weight excluding hydrogens is 338 g/mol. The average Bonchev–Trinajstić information content (AvgIpc) is 2.56. The van der Waals surface area contributed by atoms with Gasteiger partial charge in [0.05, 0.1) is 12.0 Å². The molecule has 0 saturated heterocycles. The Bertz CT molecular complexity index is 815. The van der Waals surface area contributed by atoms with Crippen LogP contribution in [0.1, 0.15) is 0 Å². The Labute approximate surface area is 139 Å². The first kappa shape index (κ1) is 17.1. The lowest BCUT2D eigenvalue weighted by Crippen LogP contribution is -2.16. The van der Waals surface area contributed by atoms with Crippen LogP contribution in [0.4, 0.5) is 5.69 Å². The third-order valence-corrected chi connectivity index (χ3v) is 4.95. The van der Waals surface area contributed by atoms with E-state index >= 15 is 0 Å². The van der Waals surface area contributed by atoms with E-state index in [1.807, 2.05) is 6.07 Å². The number of benzene rings is 2. The minimum absolute atomic E-state index is 0.0478. The molecule has 7 heteroatoms. The number of methoxy groups -OCH3 is 1. The summed E-state index contributed by atoms with van der Waals surface area (Å²) in [5, 5.41) is 3.18. The summed E-state index contributed by atoms with van der Waals surface area (Å²) in [7, 11) is -2.91. The van der Waals surface area contributed by atoms with Gasteiger partial charge in [0.15, 0.2) is 4.91 Å². The van der Waals surface area contributed by atoms with Gasteiger partial charge in [0.2, 0.25) is 9.84 Å². The molecule has 2 aromatic rings. The standard InChI is InChI=1S/C16H14ClNO4S/c1-22-16(19)15(11-18-13-5-3-2-4-6-13)23(20,21)14-9-7-12(17)8-10-14/h2-11,18H,1H3/b15-11+. The molecule has 23 heavy (non-hydrogen) atoms. The molecule has 0 radical (unpaired) electrons. The van der Waals surface area contributed by atoms with Crippen LogP contribution < -0.4 is 5.32 Å². The summed E-state index contributed by atoms with van der Waals surface area (Å²) in [6.07, 6.45) is 1.12. The molecule has 2 aromatic carbocycles. The summed E-state index contributed by atoms with van der Waals surface area (Å²) in [6, 6.07) is 14.4. The summed E-state index contributed by atoms with van der Waals surface area (Å²) in [6.45, 7) is 0. The zero-order valence-corrected chi connectivity index (χ0v) is 13.8. The van der Waals surface area contributed by atoms with Crippen LogP contribution in [0.5, 0.6) is 0 Å². The number of rotatable bonds is 5. The van der Waals surface area contributed by atoms with Crippen LogP contribution >= 0.6 is 11.6 Å². The van der Waals surface area contributed by atoms with Crippen molar-refractivity contribution in [3.63, 3.8) is 0 Å². The number of sulfone groups is 1. The molecule has 0 spiro atoms. The predicted octanol–water partition coefficient (Wildman–Crippen LogP) is 3.24. The van der Waals surface area contributed by atoms with Gasteiger partial charge in [-0.2, -0.15) is 0 Å². The van der Waals surface area contributed by atoms with Gasteiger partial charge < -0.3 is 10.1 Å². The normalized spacial score (nSPS) is 11.8. The third-order valence-electron chi connectivity index (χ3n) is 2.94. The number of hydrogen-bond acceptors (Lipinski definition) is 5. The number of esters is 1. The van der Waals surface area contributed by atoms with Crippen molar-refractivity contribution in [1.29, 1.82) is 0 Å². The molecule has 1 N–H and O–H groups in total. The third kappa shape index (κ3) is 4.12. The van der Waals surface area contributed by atoms with E-state index in [9.17, 15) is 13.2 Å². The summed E-state index contributed by atoms with van der Waals surface area (Å²) >= 11 is 5.76. The maximum atomic E-state index is 12.6. The van der Waals surface area contributed by atoms with Crippen LogP contribution in [0, 0.1) is 0 Å². The Morgan fingerprint density at radius 1 is 1.09 bits per heavy atom. The first-order chi connectivity index (χ1) is 10.9. The molecule has 5 nitrogen and oxygen atoms in total. The van der Waals surface area contributed by atoms with Gasteiger partial charge in [0.1, 0.15) is 0 Å². The molecule has 0 saturated carbocycles. The van der Waals surface area contributed by atoms with Crippen molar-refractivity contribution in [1.82, 2.24) is 0 Å². The lowest BCUT2D eigenvalue weighted by Gasteiger charge is -2.09. The summed E-state index contributed by atoms with van der Waals surface area (Å²) in [4.78, 5) is 11.3. The van der Waals surface area contributed by atoms with Crippen molar-refractivity contribution >= 4 is 33.1 Å². The molecule has 0 amide bonds. The van der Waals surface area contributed by atoms with Crippen molar-refractivity contribution in [2.24, 2.45) is 0 Å². The van der Waals surface area contributed by atoms with Crippen LogP contribution in [0.15, 0.2) is 70.6 Å². The van der Waals surface area contributed by atoms with E-state index in [1.54, 1.807) is 24.3 Å². The minimum atomic E-state index is -4.03. The Morgan fingerprint density at radius 3 is 2.26 bits per heavy atom. The highest BCUT2D eigenvalue weighted by Gasteiger charge is 2.28. The molecule has 0 fully saturated rings. The van der Waals surface area contributed by atoms with E-state index in [4.69, 9.17) is 11.6 Å². The molecule has 0 aliphatic heterocycles. The van der Waals surface area contributed by atoms with Gasteiger partial charge in [-0.05, 0) is 36.4 Å². The van der Waals surface area contributed by atoms with Crippen LogP contribution in [0.3, 0.4) is 0 Å². The molecule has 0 atom stereocenters. The van der Waals surface area contributed by atoms with Gasteiger partial charge in [0.25, 0.3) is 0 Å². The zero-order chi connectivity index (χ0) is 16.9. The molecule has 0 aliphatic carbocycles. The van der Waals surface area contributed by atoms with Gasteiger partial charge >= 0.3 is 5.97 Å². The Kier molecular flexibility index (Phi) is 5.41. The Hall–Kier alpha value is -2.31. The topological polar surface area (TPSA) is 72.5 Å². The zero-order valence-electron chi connectivity index (χ0n) is 12.2. The van der Waals surface area contributed by atoms with E-state index in [0.29, 0.717) is 10.7 Å². The number of nitrogens with one attached hydrogen (secondary N) is 1. The SMILES string of the molecule is COC(=O)/C(=C\Nc1ccccc1)S(=O)(=O)c1ccc(Cl)cc1. The summed E-state index contributed by atoms with van der Waals surface area (Å²) in [5.74, 6) is -0.955. The fraction of sp³-hybridized carbons (Fsp3) is 0.0625. The monoisotopic (exact) mass is 351 g/mol. The lowest BCUT2D eigenvalue weighted by molar-refractivity contribution is -0.135. The second-order valence-electron chi connectivity index (χ2n) is 4.47. The van der Waals surface area contributed by atoms with Crippen molar-refractivity contribution in [3.8, 4) is 0 Å². The van der Waals surface area contributed by atoms with Gasteiger partial charge in [-0.3, -0.25) is 0 Å². The quantitative estimate of drug-likeness (QED) is 0.661. The largest absolute Gasteiger partial charge is 0.465 e. The lowest BCUT2D eigenvalue weighted by atomic mass is 10.3. The summed E-state index contributed by atoms with van der Waals surface area (Å²) < 4.78 is 29.8. The van der Waals surface area contributed by atoms with Crippen molar-refractivity contribution in [3.05, 3.63) is 70.7 Å². The van der Waals surface area contributed by atoms with Gasteiger partial charge in [-0.15, -0.1) is 0 Å². The van der Waals surface area contributed by atoms with E-state index in [2.05, 4.69) is 10.1 Å². The fourth-order valence-corrected chi connectivity index (χ4v) is 3.16. The number of hydrogen-bond donors (Lipinski definition) is 1. The van der Waals surface area contributed by atoms with Crippen molar-refractivity contribution in [2.75, 3.05) is 12.4 Å². The second-order valence-corrected chi connectivity index (χ2v) is 6.82. The second kappa shape index (κ2) is 7.30. The molecule has 0 aliphatic rings. The first-order valence-corrected chi connectivity index (χ1v) is 8.42. The number of ether oxygens (including phenoxy) is 1. The highest BCUT2D eigenvalue weighted by Crippen LogP contribution is 2.22. The number of carbonyl (C=O) groups is 1. The minimum Gasteiger partial charge on any atom is -0.465 e. The van der Waals surface area contributed by atoms with Crippen LogP contribution in [-0.2, 0) is 19.4 Å². The fourth-order valence-electron chi connectivity index (χ4n) is 1.77. The number of carbonyl (C=O) groups excluding carboxylic acids is 1. The Balaban J connectivity index is 2.41. The van der Waals surface area contributed by atoms with Crippen LogP contribution in [0.2, 0.25) is 5.02 Å².